The minimum Gasteiger partial charge on any atom is -0.207 e. The fraction of sp³-hybridized carbons (Fsp3) is 0.556. The Labute approximate surface area is 134 Å². The Hall–Kier alpha value is -1.13. The predicted molar refractivity (Wildman–Crippen MR) is 91.2 cm³/mol. The molecule has 22 heavy (non-hydrogen) atoms. The molecule has 2 atom stereocenters. The fourth-order valence-electron chi connectivity index (χ4n) is 3.24. The molecule has 4 heteroatoms. The first kappa shape index (κ1) is 17.2. The second kappa shape index (κ2) is 7.42. The molecular formula is C18H27NO2S. The zero-order valence-corrected chi connectivity index (χ0v) is 14.4. The molecule has 0 aliphatic heterocycles. The van der Waals surface area contributed by atoms with Gasteiger partial charge in [-0.05, 0) is 43.7 Å². The molecule has 1 aliphatic rings. The molecule has 122 valence electrons. The van der Waals surface area contributed by atoms with Gasteiger partial charge in [0.15, 0.2) is 0 Å². The highest BCUT2D eigenvalue weighted by Gasteiger charge is 2.31. The second-order valence-corrected chi connectivity index (χ2v) is 8.17. The lowest BCUT2D eigenvalue weighted by atomic mass is 9.80. The highest BCUT2D eigenvalue weighted by Crippen LogP contribution is 2.30. The Balaban J connectivity index is 2.21. The lowest BCUT2D eigenvalue weighted by Gasteiger charge is -2.33. The van der Waals surface area contributed by atoms with Gasteiger partial charge in [0, 0.05) is 6.04 Å². The summed E-state index contributed by atoms with van der Waals surface area (Å²) in [4.78, 5) is 0.343. The SMILES string of the molecule is C=C[C@@H](C)[C@H](NS(=O)(=O)c1ccc(C)cc1)C1CCCCC1. The first-order valence-corrected chi connectivity index (χ1v) is 9.64. The van der Waals surface area contributed by atoms with Gasteiger partial charge in [-0.3, -0.25) is 0 Å². The number of nitrogens with one attached hydrogen (secondary N) is 1. The van der Waals surface area contributed by atoms with Crippen molar-refractivity contribution in [3.05, 3.63) is 42.5 Å². The van der Waals surface area contributed by atoms with Crippen LogP contribution >= 0.6 is 0 Å². The van der Waals surface area contributed by atoms with Gasteiger partial charge in [0.1, 0.15) is 0 Å². The molecule has 1 aliphatic carbocycles. The first-order chi connectivity index (χ1) is 10.4. The number of sulfonamides is 1. The summed E-state index contributed by atoms with van der Waals surface area (Å²) in [6, 6.07) is 6.95. The van der Waals surface area contributed by atoms with Gasteiger partial charge in [0.05, 0.1) is 4.90 Å². The molecular weight excluding hydrogens is 294 g/mol. The van der Waals surface area contributed by atoms with E-state index in [1.165, 1.54) is 19.3 Å². The minimum absolute atomic E-state index is 0.0656. The lowest BCUT2D eigenvalue weighted by molar-refractivity contribution is 0.258. The average Bonchev–Trinajstić information content (AvgIpc) is 2.53. The van der Waals surface area contributed by atoms with Gasteiger partial charge in [-0.2, -0.15) is 0 Å². The van der Waals surface area contributed by atoms with Crippen molar-refractivity contribution in [1.29, 1.82) is 0 Å². The number of hydrogen-bond donors (Lipinski definition) is 1. The minimum atomic E-state index is -3.48. The van der Waals surface area contributed by atoms with Crippen LogP contribution in [0.3, 0.4) is 0 Å². The van der Waals surface area contributed by atoms with E-state index in [4.69, 9.17) is 0 Å². The third-order valence-corrected chi connectivity index (χ3v) is 6.19. The Morgan fingerprint density at radius 1 is 1.18 bits per heavy atom. The van der Waals surface area contributed by atoms with Crippen molar-refractivity contribution in [1.82, 2.24) is 4.72 Å². The molecule has 1 saturated carbocycles. The maximum Gasteiger partial charge on any atom is 0.240 e. The van der Waals surface area contributed by atoms with Crippen LogP contribution in [0.5, 0.6) is 0 Å². The topological polar surface area (TPSA) is 46.2 Å². The molecule has 0 radical (unpaired) electrons. The lowest BCUT2D eigenvalue weighted by Crippen LogP contribution is -2.44. The van der Waals surface area contributed by atoms with E-state index < -0.39 is 10.0 Å². The van der Waals surface area contributed by atoms with Crippen molar-refractivity contribution in [2.24, 2.45) is 11.8 Å². The highest BCUT2D eigenvalue weighted by atomic mass is 32.2. The van der Waals surface area contributed by atoms with Gasteiger partial charge < -0.3 is 0 Å². The van der Waals surface area contributed by atoms with Gasteiger partial charge in [0.25, 0.3) is 0 Å². The van der Waals surface area contributed by atoms with Crippen molar-refractivity contribution in [3.8, 4) is 0 Å². The van der Waals surface area contributed by atoms with E-state index in [0.717, 1.165) is 18.4 Å². The van der Waals surface area contributed by atoms with E-state index >= 15 is 0 Å². The number of hydrogen-bond acceptors (Lipinski definition) is 2. The van der Waals surface area contributed by atoms with Crippen LogP contribution in [-0.4, -0.2) is 14.5 Å². The van der Waals surface area contributed by atoms with Crippen LogP contribution in [0.2, 0.25) is 0 Å². The fourth-order valence-corrected chi connectivity index (χ4v) is 4.63. The van der Waals surface area contributed by atoms with Gasteiger partial charge in [-0.15, -0.1) is 6.58 Å². The zero-order chi connectivity index (χ0) is 16.2. The van der Waals surface area contributed by atoms with Crippen molar-refractivity contribution < 1.29 is 8.42 Å². The van der Waals surface area contributed by atoms with E-state index in [9.17, 15) is 8.42 Å². The normalized spacial score (nSPS) is 19.5. The molecule has 2 rings (SSSR count). The summed E-state index contributed by atoms with van der Waals surface area (Å²) in [7, 11) is -3.48. The first-order valence-electron chi connectivity index (χ1n) is 8.15. The van der Waals surface area contributed by atoms with Crippen LogP contribution in [0.25, 0.3) is 0 Å². The van der Waals surface area contributed by atoms with Crippen molar-refractivity contribution in [3.63, 3.8) is 0 Å². The van der Waals surface area contributed by atoms with Crippen LogP contribution in [-0.2, 0) is 10.0 Å². The molecule has 0 spiro atoms. The van der Waals surface area contributed by atoms with Crippen molar-refractivity contribution >= 4 is 10.0 Å². The van der Waals surface area contributed by atoms with E-state index in [2.05, 4.69) is 11.3 Å². The molecule has 3 nitrogen and oxygen atoms in total. The molecule has 0 saturated heterocycles. The quantitative estimate of drug-likeness (QED) is 0.804. The third-order valence-electron chi connectivity index (χ3n) is 4.72. The number of benzene rings is 1. The molecule has 1 N–H and O–H groups in total. The maximum atomic E-state index is 12.7. The summed E-state index contributed by atoms with van der Waals surface area (Å²) < 4.78 is 28.3. The van der Waals surface area contributed by atoms with Gasteiger partial charge in [-0.1, -0.05) is 50.0 Å². The number of rotatable bonds is 6. The summed E-state index contributed by atoms with van der Waals surface area (Å²) >= 11 is 0. The molecule has 0 bridgehead atoms. The maximum absolute atomic E-state index is 12.7. The zero-order valence-electron chi connectivity index (χ0n) is 13.6. The predicted octanol–water partition coefficient (Wildman–Crippen LogP) is 4.04. The molecule has 1 aromatic carbocycles. The van der Waals surface area contributed by atoms with E-state index in [1.54, 1.807) is 12.1 Å². The van der Waals surface area contributed by atoms with Crippen LogP contribution in [0, 0.1) is 18.8 Å². The molecule has 1 aromatic rings. The van der Waals surface area contributed by atoms with E-state index in [1.807, 2.05) is 32.1 Å². The van der Waals surface area contributed by atoms with Gasteiger partial charge in [-0.25, -0.2) is 13.1 Å². The second-order valence-electron chi connectivity index (χ2n) is 6.45. The summed E-state index contributed by atoms with van der Waals surface area (Å²) in [5.74, 6) is 0.533. The summed E-state index contributed by atoms with van der Waals surface area (Å²) in [5, 5.41) is 0. The Morgan fingerprint density at radius 3 is 2.32 bits per heavy atom. The Morgan fingerprint density at radius 2 is 1.77 bits per heavy atom. The molecule has 1 fully saturated rings. The van der Waals surface area contributed by atoms with Crippen molar-refractivity contribution in [2.45, 2.75) is 56.9 Å². The van der Waals surface area contributed by atoms with E-state index in [0.29, 0.717) is 10.8 Å². The van der Waals surface area contributed by atoms with E-state index in [-0.39, 0.29) is 12.0 Å². The highest BCUT2D eigenvalue weighted by molar-refractivity contribution is 7.89. The van der Waals surface area contributed by atoms with Crippen LogP contribution < -0.4 is 4.72 Å². The number of aryl methyl sites for hydroxylation is 1. The van der Waals surface area contributed by atoms with Crippen LogP contribution in [0.4, 0.5) is 0 Å². The largest absolute Gasteiger partial charge is 0.240 e. The monoisotopic (exact) mass is 321 g/mol. The average molecular weight is 321 g/mol. The molecule has 0 heterocycles. The van der Waals surface area contributed by atoms with Crippen LogP contribution in [0.15, 0.2) is 41.8 Å². The van der Waals surface area contributed by atoms with Gasteiger partial charge >= 0.3 is 0 Å². The summed E-state index contributed by atoms with van der Waals surface area (Å²) in [5.41, 5.74) is 1.06. The summed E-state index contributed by atoms with van der Waals surface area (Å²) in [6.07, 6.45) is 7.69. The Kier molecular flexibility index (Phi) is 5.81. The smallest absolute Gasteiger partial charge is 0.207 e. The molecule has 0 unspecified atom stereocenters. The Bertz CT molecular complexity index is 586. The standard InChI is InChI=1S/C18H27NO2S/c1-4-15(3)18(16-8-6-5-7-9-16)19-22(20,21)17-12-10-14(2)11-13-17/h4,10-13,15-16,18-19H,1,5-9H2,2-3H3/t15-,18+/m1/s1. The van der Waals surface area contributed by atoms with Gasteiger partial charge in [0.2, 0.25) is 10.0 Å². The van der Waals surface area contributed by atoms with Crippen LogP contribution in [0.1, 0.15) is 44.6 Å². The third kappa shape index (κ3) is 4.20. The van der Waals surface area contributed by atoms with Crippen molar-refractivity contribution in [2.75, 3.05) is 0 Å². The molecule has 0 amide bonds. The molecule has 0 aromatic heterocycles. The summed E-state index contributed by atoms with van der Waals surface area (Å²) in [6.45, 7) is 7.85.